The third-order valence-electron chi connectivity index (χ3n) is 3.78. The molecular formula is C18H15BrN2O4S3. The van der Waals surface area contributed by atoms with E-state index in [1.54, 1.807) is 6.26 Å². The van der Waals surface area contributed by atoms with E-state index in [0.29, 0.717) is 21.0 Å². The third kappa shape index (κ3) is 4.40. The number of aromatic nitrogens is 1. The lowest BCUT2D eigenvalue weighted by Crippen LogP contribution is -2.06. The van der Waals surface area contributed by atoms with Crippen molar-refractivity contribution in [2.24, 2.45) is 0 Å². The van der Waals surface area contributed by atoms with Crippen LogP contribution in [0.1, 0.15) is 15.2 Å². The van der Waals surface area contributed by atoms with Crippen LogP contribution >= 0.6 is 39.0 Å². The van der Waals surface area contributed by atoms with Crippen molar-refractivity contribution in [3.8, 4) is 0 Å². The molecule has 0 saturated heterocycles. The van der Waals surface area contributed by atoms with Crippen molar-refractivity contribution < 1.29 is 18.3 Å². The third-order valence-corrected chi connectivity index (χ3v) is 8.65. The molecule has 0 bridgehead atoms. The van der Waals surface area contributed by atoms with Crippen LogP contribution in [-0.4, -0.2) is 30.7 Å². The molecule has 0 atom stereocenters. The van der Waals surface area contributed by atoms with E-state index < -0.39 is 15.8 Å². The Bertz CT molecular complexity index is 1120. The molecule has 0 radical (unpaired) electrons. The van der Waals surface area contributed by atoms with Crippen molar-refractivity contribution in [2.45, 2.75) is 20.5 Å². The van der Waals surface area contributed by atoms with Crippen LogP contribution in [0.2, 0.25) is 0 Å². The summed E-state index contributed by atoms with van der Waals surface area (Å²) in [5.74, 6) is -0.633. The Labute approximate surface area is 179 Å². The SMILES string of the molecule is CSc1sc(C(=O)O)cc1S(=O)(=O)c1cnc(NCc2ccccc2)c(Br)c1. The van der Waals surface area contributed by atoms with Crippen molar-refractivity contribution >= 4 is 60.7 Å². The number of nitrogens with zero attached hydrogens (tertiary/aromatic N) is 1. The minimum absolute atomic E-state index is 0.00493. The summed E-state index contributed by atoms with van der Waals surface area (Å²) in [6.45, 7) is 0.543. The summed E-state index contributed by atoms with van der Waals surface area (Å²) in [4.78, 5) is 15.4. The van der Waals surface area contributed by atoms with Crippen molar-refractivity contribution in [2.75, 3.05) is 11.6 Å². The number of carboxylic acids is 1. The molecule has 0 spiro atoms. The lowest BCUT2D eigenvalue weighted by Gasteiger charge is -2.10. The Morgan fingerprint density at radius 2 is 2.00 bits per heavy atom. The zero-order valence-corrected chi connectivity index (χ0v) is 18.6. The van der Waals surface area contributed by atoms with Crippen molar-refractivity contribution in [3.05, 3.63) is 63.6 Å². The lowest BCUT2D eigenvalue weighted by molar-refractivity contribution is 0.0702. The number of benzene rings is 1. The number of aromatic carboxylic acids is 1. The van der Waals surface area contributed by atoms with E-state index in [-0.39, 0.29) is 14.7 Å². The average Bonchev–Trinajstić information content (AvgIpc) is 3.13. The number of rotatable bonds is 7. The summed E-state index contributed by atoms with van der Waals surface area (Å²) in [5, 5.41) is 12.3. The number of hydrogen-bond acceptors (Lipinski definition) is 7. The first kappa shape index (κ1) is 20.8. The molecule has 0 fully saturated rings. The fraction of sp³-hybridized carbons (Fsp3) is 0.111. The zero-order valence-electron chi connectivity index (χ0n) is 14.5. The molecule has 2 heterocycles. The normalized spacial score (nSPS) is 11.4. The maximum atomic E-state index is 13.0. The Morgan fingerprint density at radius 3 is 2.61 bits per heavy atom. The predicted octanol–water partition coefficient (Wildman–Crippen LogP) is 4.77. The highest BCUT2D eigenvalue weighted by Crippen LogP contribution is 2.37. The lowest BCUT2D eigenvalue weighted by atomic mass is 10.2. The molecule has 0 aliphatic carbocycles. The number of nitrogens with one attached hydrogen (secondary N) is 1. The molecule has 2 aromatic heterocycles. The second-order valence-electron chi connectivity index (χ2n) is 5.62. The summed E-state index contributed by atoms with van der Waals surface area (Å²) in [7, 11) is -3.89. The fourth-order valence-corrected chi connectivity index (χ4v) is 6.84. The van der Waals surface area contributed by atoms with Gasteiger partial charge in [-0.3, -0.25) is 0 Å². The van der Waals surface area contributed by atoms with Gasteiger partial charge in [0.25, 0.3) is 0 Å². The molecule has 0 amide bonds. The molecule has 10 heteroatoms. The summed E-state index contributed by atoms with van der Waals surface area (Å²) in [6.07, 6.45) is 2.98. The van der Waals surface area contributed by atoms with Crippen molar-refractivity contribution in [1.82, 2.24) is 4.98 Å². The molecule has 0 unspecified atom stereocenters. The van der Waals surface area contributed by atoms with Gasteiger partial charge in [-0.15, -0.1) is 23.1 Å². The zero-order chi connectivity index (χ0) is 20.3. The van der Waals surface area contributed by atoms with E-state index in [1.165, 1.54) is 30.1 Å². The Kier molecular flexibility index (Phi) is 6.43. The van der Waals surface area contributed by atoms with Crippen molar-refractivity contribution in [3.63, 3.8) is 0 Å². The van der Waals surface area contributed by atoms with Gasteiger partial charge in [0.1, 0.15) is 10.7 Å². The molecule has 3 rings (SSSR count). The van der Waals surface area contributed by atoms with Gasteiger partial charge in [0.2, 0.25) is 9.84 Å². The van der Waals surface area contributed by atoms with E-state index >= 15 is 0 Å². The number of thioether (sulfide) groups is 1. The smallest absolute Gasteiger partial charge is 0.345 e. The van der Waals surface area contributed by atoms with Crippen LogP contribution in [0.25, 0.3) is 0 Å². The van der Waals surface area contributed by atoms with Crippen LogP contribution in [-0.2, 0) is 16.4 Å². The molecule has 0 aliphatic rings. The molecule has 28 heavy (non-hydrogen) atoms. The largest absolute Gasteiger partial charge is 0.477 e. The second-order valence-corrected chi connectivity index (χ2v) is 10.5. The van der Waals surface area contributed by atoms with Gasteiger partial charge in [-0.1, -0.05) is 30.3 Å². The number of sulfone groups is 1. The van der Waals surface area contributed by atoms with Crippen LogP contribution in [0.15, 0.2) is 67.1 Å². The molecule has 6 nitrogen and oxygen atoms in total. The summed E-state index contributed by atoms with van der Waals surface area (Å²) in [5.41, 5.74) is 1.07. The summed E-state index contributed by atoms with van der Waals surface area (Å²) >= 11 is 5.51. The van der Waals surface area contributed by atoms with Gasteiger partial charge in [0, 0.05) is 12.7 Å². The average molecular weight is 499 g/mol. The van der Waals surface area contributed by atoms with Gasteiger partial charge in [-0.2, -0.15) is 0 Å². The first-order valence-electron chi connectivity index (χ1n) is 7.92. The highest BCUT2D eigenvalue weighted by atomic mass is 79.9. The Morgan fingerprint density at radius 1 is 1.29 bits per heavy atom. The maximum absolute atomic E-state index is 13.0. The van der Waals surface area contributed by atoms with E-state index in [4.69, 9.17) is 5.11 Å². The number of halogens is 1. The topological polar surface area (TPSA) is 96.4 Å². The highest BCUT2D eigenvalue weighted by Gasteiger charge is 2.27. The van der Waals surface area contributed by atoms with Crippen molar-refractivity contribution in [1.29, 1.82) is 0 Å². The van der Waals surface area contributed by atoms with Gasteiger partial charge in [0.15, 0.2) is 0 Å². The van der Waals surface area contributed by atoms with Gasteiger partial charge < -0.3 is 10.4 Å². The predicted molar refractivity (Wildman–Crippen MR) is 114 cm³/mol. The van der Waals surface area contributed by atoms with Crippen LogP contribution in [0, 0.1) is 0 Å². The first-order chi connectivity index (χ1) is 13.3. The van der Waals surface area contributed by atoms with Gasteiger partial charge >= 0.3 is 5.97 Å². The maximum Gasteiger partial charge on any atom is 0.345 e. The Balaban J connectivity index is 1.89. The van der Waals surface area contributed by atoms with Crippen LogP contribution in [0.3, 0.4) is 0 Å². The standard InChI is InChI=1S/C18H15BrN2O4S3/c1-26-18-15(8-14(27-18)17(22)23)28(24,25)12-7-13(19)16(21-10-12)20-9-11-5-3-2-4-6-11/h2-8,10H,9H2,1H3,(H,20,21)(H,22,23). The minimum atomic E-state index is -3.89. The molecule has 0 aliphatic heterocycles. The minimum Gasteiger partial charge on any atom is -0.477 e. The van der Waals surface area contributed by atoms with Crippen LogP contribution in [0.5, 0.6) is 0 Å². The molecular weight excluding hydrogens is 484 g/mol. The monoisotopic (exact) mass is 498 g/mol. The Hall–Kier alpha value is -1.88. The number of carboxylic acid groups (broad SMARTS) is 1. The fourth-order valence-electron chi connectivity index (χ4n) is 2.40. The molecule has 0 saturated carbocycles. The van der Waals surface area contributed by atoms with Crippen LogP contribution in [0.4, 0.5) is 5.82 Å². The van der Waals surface area contributed by atoms with Gasteiger partial charge in [-0.05, 0) is 39.9 Å². The molecule has 2 N–H and O–H groups in total. The summed E-state index contributed by atoms with van der Waals surface area (Å²) < 4.78 is 27.0. The van der Waals surface area contributed by atoms with E-state index in [1.807, 2.05) is 30.3 Å². The number of thiophene rings is 1. The molecule has 1 aromatic carbocycles. The first-order valence-corrected chi connectivity index (χ1v) is 12.2. The molecule has 146 valence electrons. The number of carbonyl (C=O) groups is 1. The quantitative estimate of drug-likeness (QED) is 0.452. The second kappa shape index (κ2) is 8.64. The number of hydrogen-bond donors (Lipinski definition) is 2. The van der Waals surface area contributed by atoms with E-state index in [9.17, 15) is 13.2 Å². The molecule has 3 aromatic rings. The van der Waals surface area contributed by atoms with E-state index in [0.717, 1.165) is 16.9 Å². The van der Waals surface area contributed by atoms with Crippen LogP contribution < -0.4 is 5.32 Å². The van der Waals surface area contributed by atoms with Gasteiger partial charge in [0.05, 0.1) is 18.5 Å². The summed E-state index contributed by atoms with van der Waals surface area (Å²) in [6, 6.07) is 12.4. The number of pyridine rings is 1. The van der Waals surface area contributed by atoms with E-state index in [2.05, 4.69) is 26.2 Å². The highest BCUT2D eigenvalue weighted by molar-refractivity contribution is 9.10. The number of anilines is 1. The van der Waals surface area contributed by atoms with Gasteiger partial charge in [-0.25, -0.2) is 18.2 Å².